The van der Waals surface area contributed by atoms with Crippen LogP contribution in [0, 0.1) is 5.92 Å². The molecular formula is C20H25N7O. The molecule has 1 fully saturated rings. The molecule has 8 nitrogen and oxygen atoms in total. The van der Waals surface area contributed by atoms with Gasteiger partial charge in [0.05, 0.1) is 12.4 Å². The summed E-state index contributed by atoms with van der Waals surface area (Å²) in [6, 6.07) is 6.20. The first-order chi connectivity index (χ1) is 13.5. The third-order valence-electron chi connectivity index (χ3n) is 5.15. The van der Waals surface area contributed by atoms with Crippen LogP contribution in [0.4, 0.5) is 5.95 Å². The van der Waals surface area contributed by atoms with E-state index in [1.54, 1.807) is 24.7 Å². The van der Waals surface area contributed by atoms with Crippen molar-refractivity contribution in [1.29, 1.82) is 0 Å². The van der Waals surface area contributed by atoms with E-state index in [-0.39, 0.29) is 5.75 Å². The zero-order chi connectivity index (χ0) is 19.7. The lowest BCUT2D eigenvalue weighted by Gasteiger charge is -2.39. The fourth-order valence-electron chi connectivity index (χ4n) is 3.55. The van der Waals surface area contributed by atoms with Crippen LogP contribution in [0.5, 0.6) is 5.75 Å². The van der Waals surface area contributed by atoms with E-state index in [0.29, 0.717) is 35.2 Å². The number of aromatic nitrogens is 5. The first kappa shape index (κ1) is 18.4. The molecule has 3 heterocycles. The minimum absolute atomic E-state index is 0.137. The maximum atomic E-state index is 10.4. The average Bonchev–Trinajstić information content (AvgIpc) is 3.22. The number of aromatic hydroxyl groups is 1. The first-order valence-corrected chi connectivity index (χ1v) is 9.54. The highest BCUT2D eigenvalue weighted by Gasteiger charge is 2.27. The van der Waals surface area contributed by atoms with Crippen molar-refractivity contribution in [3.05, 3.63) is 36.8 Å². The molecule has 0 radical (unpaired) electrons. The van der Waals surface area contributed by atoms with Crippen LogP contribution in [0.1, 0.15) is 20.8 Å². The molecule has 2 atom stereocenters. The fraction of sp³-hybridized carbons (Fsp3) is 0.400. The molecule has 2 aromatic heterocycles. The number of anilines is 1. The van der Waals surface area contributed by atoms with Crippen molar-refractivity contribution in [2.75, 3.05) is 18.0 Å². The van der Waals surface area contributed by atoms with Gasteiger partial charge >= 0.3 is 0 Å². The van der Waals surface area contributed by atoms with Crippen molar-refractivity contribution >= 4 is 5.95 Å². The van der Waals surface area contributed by atoms with Gasteiger partial charge in [0.25, 0.3) is 0 Å². The number of hydrogen-bond acceptors (Lipinski definition) is 7. The van der Waals surface area contributed by atoms with Crippen LogP contribution in [0.3, 0.4) is 0 Å². The first-order valence-electron chi connectivity index (χ1n) is 9.54. The van der Waals surface area contributed by atoms with Crippen molar-refractivity contribution in [2.45, 2.75) is 32.9 Å². The monoisotopic (exact) mass is 379 g/mol. The molecule has 0 spiro atoms. The van der Waals surface area contributed by atoms with Crippen LogP contribution in [0.25, 0.3) is 22.4 Å². The van der Waals surface area contributed by atoms with Gasteiger partial charge in [-0.3, -0.25) is 5.10 Å². The Balaban J connectivity index is 1.55. The Morgan fingerprint density at radius 2 is 2.00 bits per heavy atom. The van der Waals surface area contributed by atoms with Gasteiger partial charge in [-0.15, -0.1) is 10.2 Å². The summed E-state index contributed by atoms with van der Waals surface area (Å²) in [6.45, 7) is 8.30. The van der Waals surface area contributed by atoms with E-state index in [1.807, 2.05) is 12.1 Å². The second-order valence-corrected chi connectivity index (χ2v) is 7.69. The Morgan fingerprint density at radius 3 is 2.64 bits per heavy atom. The Hall–Kier alpha value is -3.00. The van der Waals surface area contributed by atoms with E-state index >= 15 is 0 Å². The minimum atomic E-state index is 0.137. The molecule has 0 saturated carbocycles. The molecule has 28 heavy (non-hydrogen) atoms. The molecule has 1 saturated heterocycles. The molecule has 1 aromatic carbocycles. The fourth-order valence-corrected chi connectivity index (χ4v) is 3.55. The van der Waals surface area contributed by atoms with E-state index in [0.717, 1.165) is 24.2 Å². The minimum Gasteiger partial charge on any atom is -0.507 e. The molecule has 1 aliphatic rings. The molecule has 146 valence electrons. The van der Waals surface area contributed by atoms with Crippen LogP contribution < -0.4 is 10.2 Å². The Bertz CT molecular complexity index is 924. The van der Waals surface area contributed by atoms with E-state index in [2.05, 4.69) is 56.4 Å². The highest BCUT2D eigenvalue weighted by atomic mass is 16.3. The van der Waals surface area contributed by atoms with Crippen LogP contribution in [0.15, 0.2) is 36.8 Å². The Kier molecular flexibility index (Phi) is 4.95. The molecule has 3 N–H and O–H groups in total. The van der Waals surface area contributed by atoms with Crippen LogP contribution in [0.2, 0.25) is 0 Å². The molecule has 1 aliphatic heterocycles. The predicted molar refractivity (Wildman–Crippen MR) is 108 cm³/mol. The van der Waals surface area contributed by atoms with Gasteiger partial charge in [-0.25, -0.2) is 4.98 Å². The topological polar surface area (TPSA) is 103 Å². The number of phenolic OH excluding ortho intramolecular Hbond substituents is 1. The van der Waals surface area contributed by atoms with Crippen LogP contribution in [-0.2, 0) is 0 Å². The Morgan fingerprint density at radius 1 is 1.14 bits per heavy atom. The summed E-state index contributed by atoms with van der Waals surface area (Å²) in [5.74, 6) is 1.29. The molecule has 1 unspecified atom stereocenters. The lowest BCUT2D eigenvalue weighted by atomic mass is 10.00. The van der Waals surface area contributed by atoms with Crippen molar-refractivity contribution < 1.29 is 5.11 Å². The maximum absolute atomic E-state index is 10.4. The Labute approximate surface area is 164 Å². The third-order valence-corrected chi connectivity index (χ3v) is 5.15. The number of benzene rings is 1. The zero-order valence-electron chi connectivity index (χ0n) is 16.3. The standard InChI is InChI=1S/C20H25N7O/c1-12(2)18-11-27(10-13(3)24-18)20-21-9-17(25-26-20)16-5-4-14(6-19(16)28)15-7-22-23-8-15/h4-9,12-13,18,24,28H,10-11H2,1-3H3,(H,22,23)/t13-,18?/m0/s1. The molecular weight excluding hydrogens is 354 g/mol. The number of phenols is 1. The lowest BCUT2D eigenvalue weighted by molar-refractivity contribution is 0.319. The number of rotatable bonds is 4. The average molecular weight is 379 g/mol. The summed E-state index contributed by atoms with van der Waals surface area (Å²) in [4.78, 5) is 6.69. The van der Waals surface area contributed by atoms with E-state index < -0.39 is 0 Å². The summed E-state index contributed by atoms with van der Waals surface area (Å²) >= 11 is 0. The van der Waals surface area contributed by atoms with Crippen molar-refractivity contribution in [2.24, 2.45) is 5.92 Å². The molecule has 0 amide bonds. The molecule has 4 rings (SSSR count). The van der Waals surface area contributed by atoms with Crippen molar-refractivity contribution in [3.8, 4) is 28.1 Å². The summed E-state index contributed by atoms with van der Waals surface area (Å²) in [6.07, 6.45) is 5.17. The van der Waals surface area contributed by atoms with Crippen LogP contribution >= 0.6 is 0 Å². The van der Waals surface area contributed by atoms with Crippen molar-refractivity contribution in [3.63, 3.8) is 0 Å². The van der Waals surface area contributed by atoms with Gasteiger partial charge in [-0.05, 0) is 30.5 Å². The molecule has 8 heteroatoms. The molecule has 3 aromatic rings. The summed E-state index contributed by atoms with van der Waals surface area (Å²) in [7, 11) is 0. The zero-order valence-corrected chi connectivity index (χ0v) is 16.3. The normalized spacial score (nSPS) is 19.9. The van der Waals surface area contributed by atoms with E-state index in [9.17, 15) is 5.11 Å². The highest BCUT2D eigenvalue weighted by molar-refractivity contribution is 5.73. The van der Waals surface area contributed by atoms with Gasteiger partial charge < -0.3 is 15.3 Å². The third kappa shape index (κ3) is 3.68. The summed E-state index contributed by atoms with van der Waals surface area (Å²) in [5, 5.41) is 29.4. The lowest BCUT2D eigenvalue weighted by Crippen LogP contribution is -2.57. The van der Waals surface area contributed by atoms with E-state index in [1.165, 1.54) is 0 Å². The second kappa shape index (κ2) is 7.55. The second-order valence-electron chi connectivity index (χ2n) is 7.69. The number of piperazine rings is 1. The summed E-state index contributed by atoms with van der Waals surface area (Å²) < 4.78 is 0. The number of aromatic amines is 1. The van der Waals surface area contributed by atoms with Gasteiger partial charge in [0.1, 0.15) is 11.4 Å². The largest absolute Gasteiger partial charge is 0.507 e. The van der Waals surface area contributed by atoms with E-state index in [4.69, 9.17) is 0 Å². The highest BCUT2D eigenvalue weighted by Crippen LogP contribution is 2.32. The molecule has 0 bridgehead atoms. The number of hydrogen-bond donors (Lipinski definition) is 3. The van der Waals surface area contributed by atoms with Gasteiger partial charge in [-0.2, -0.15) is 5.10 Å². The summed E-state index contributed by atoms with van der Waals surface area (Å²) in [5.41, 5.74) is 2.94. The number of nitrogens with zero attached hydrogens (tertiary/aromatic N) is 5. The van der Waals surface area contributed by atoms with Crippen LogP contribution in [-0.4, -0.2) is 55.7 Å². The maximum Gasteiger partial charge on any atom is 0.245 e. The van der Waals surface area contributed by atoms with Gasteiger partial charge in [0.2, 0.25) is 5.95 Å². The van der Waals surface area contributed by atoms with Crippen molar-refractivity contribution in [1.82, 2.24) is 30.7 Å². The number of H-pyrrole nitrogens is 1. The smallest absolute Gasteiger partial charge is 0.245 e. The molecule has 0 aliphatic carbocycles. The van der Waals surface area contributed by atoms with Gasteiger partial charge in [0.15, 0.2) is 0 Å². The number of nitrogens with one attached hydrogen (secondary N) is 2. The van der Waals surface area contributed by atoms with Gasteiger partial charge in [0, 0.05) is 42.5 Å². The van der Waals surface area contributed by atoms with Gasteiger partial charge in [-0.1, -0.05) is 19.9 Å². The SMILES string of the molecule is CC(C)C1CN(c2ncc(-c3ccc(-c4cn[nH]c4)cc3O)nn2)C[C@H](C)N1. The quantitative estimate of drug-likeness (QED) is 0.640. The predicted octanol–water partition coefficient (Wildman–Crippen LogP) is 2.46.